The van der Waals surface area contributed by atoms with Gasteiger partial charge in [-0.2, -0.15) is 0 Å². The number of nitrogens with zero attached hydrogens (tertiary/aromatic N) is 1. The molecule has 1 atom stereocenters. The zero-order valence-corrected chi connectivity index (χ0v) is 12.8. The van der Waals surface area contributed by atoms with Crippen molar-refractivity contribution in [2.24, 2.45) is 0 Å². The van der Waals surface area contributed by atoms with E-state index in [1.807, 2.05) is 43.0 Å². The monoisotopic (exact) mass is 276 g/mol. The van der Waals surface area contributed by atoms with Gasteiger partial charge in [0.2, 0.25) is 5.91 Å². The predicted molar refractivity (Wildman–Crippen MR) is 80.9 cm³/mol. The minimum absolute atomic E-state index is 0.123. The first-order chi connectivity index (χ1) is 9.42. The van der Waals surface area contributed by atoms with Crippen LogP contribution in [0.25, 0.3) is 0 Å². The van der Waals surface area contributed by atoms with Crippen LogP contribution in [0.15, 0.2) is 24.3 Å². The van der Waals surface area contributed by atoms with E-state index in [4.69, 9.17) is 4.74 Å². The van der Waals surface area contributed by atoms with E-state index in [0.717, 1.165) is 18.7 Å². The van der Waals surface area contributed by atoms with Crippen molar-refractivity contribution in [3.05, 3.63) is 29.8 Å². The summed E-state index contributed by atoms with van der Waals surface area (Å²) in [4.78, 5) is 14.5. The van der Waals surface area contributed by atoms with Gasteiger partial charge in [0.1, 0.15) is 5.54 Å². The molecule has 4 nitrogen and oxygen atoms in total. The van der Waals surface area contributed by atoms with Crippen molar-refractivity contribution in [1.82, 2.24) is 4.90 Å². The second-order valence-corrected chi connectivity index (χ2v) is 6.01. The molecular weight excluding hydrogens is 252 g/mol. The third-order valence-corrected chi connectivity index (χ3v) is 3.81. The van der Waals surface area contributed by atoms with Crippen LogP contribution in [0.2, 0.25) is 0 Å². The summed E-state index contributed by atoms with van der Waals surface area (Å²) in [5, 5.41) is 3.32. The maximum Gasteiger partial charge on any atom is 0.247 e. The quantitative estimate of drug-likeness (QED) is 0.918. The lowest BCUT2D eigenvalue weighted by molar-refractivity contribution is -0.134. The average molecular weight is 276 g/mol. The van der Waals surface area contributed by atoms with E-state index in [-0.39, 0.29) is 12.0 Å². The Morgan fingerprint density at radius 3 is 2.55 bits per heavy atom. The fourth-order valence-electron chi connectivity index (χ4n) is 2.55. The van der Waals surface area contributed by atoms with Crippen LogP contribution in [0, 0.1) is 6.92 Å². The number of nitrogens with one attached hydrogen (secondary N) is 1. The SMILES string of the molecule is COC1CCN(C(=O)C(C)(C)Nc2ccc(C)cc2)C1. The molecule has 0 saturated carbocycles. The van der Waals surface area contributed by atoms with E-state index >= 15 is 0 Å². The van der Waals surface area contributed by atoms with Gasteiger partial charge in [-0.15, -0.1) is 0 Å². The van der Waals surface area contributed by atoms with E-state index in [1.165, 1.54) is 5.56 Å². The molecule has 1 aromatic carbocycles. The molecule has 1 fully saturated rings. The molecule has 2 rings (SSSR count). The van der Waals surface area contributed by atoms with Crippen LogP contribution in [0.1, 0.15) is 25.8 Å². The van der Waals surface area contributed by atoms with Gasteiger partial charge in [-0.05, 0) is 39.3 Å². The first-order valence-corrected chi connectivity index (χ1v) is 7.09. The summed E-state index contributed by atoms with van der Waals surface area (Å²) in [6, 6.07) is 8.10. The Balaban J connectivity index is 2.02. The van der Waals surface area contributed by atoms with Crippen LogP contribution in [0.3, 0.4) is 0 Å². The predicted octanol–water partition coefficient (Wildman–Crippen LogP) is 2.43. The molecule has 1 N–H and O–H groups in total. The zero-order valence-electron chi connectivity index (χ0n) is 12.8. The van der Waals surface area contributed by atoms with E-state index < -0.39 is 5.54 Å². The largest absolute Gasteiger partial charge is 0.380 e. The lowest BCUT2D eigenvalue weighted by atomic mass is 10.0. The molecule has 0 radical (unpaired) electrons. The molecule has 1 aromatic rings. The van der Waals surface area contributed by atoms with Crippen molar-refractivity contribution < 1.29 is 9.53 Å². The molecule has 0 aromatic heterocycles. The number of benzene rings is 1. The van der Waals surface area contributed by atoms with E-state index in [1.54, 1.807) is 7.11 Å². The molecule has 0 spiro atoms. The third kappa shape index (κ3) is 3.31. The highest BCUT2D eigenvalue weighted by Gasteiger charge is 2.35. The maximum atomic E-state index is 12.6. The van der Waals surface area contributed by atoms with Crippen molar-refractivity contribution in [2.45, 2.75) is 38.8 Å². The molecular formula is C16H24N2O2. The first kappa shape index (κ1) is 14.9. The molecule has 4 heteroatoms. The maximum absolute atomic E-state index is 12.6. The molecule has 1 saturated heterocycles. The lowest BCUT2D eigenvalue weighted by Gasteiger charge is -2.31. The topological polar surface area (TPSA) is 41.6 Å². The Labute approximate surface area is 121 Å². The number of amides is 1. The van der Waals surface area contributed by atoms with Crippen molar-refractivity contribution in [3.8, 4) is 0 Å². The number of carbonyl (C=O) groups excluding carboxylic acids is 1. The summed E-state index contributed by atoms with van der Waals surface area (Å²) in [6.07, 6.45) is 1.09. The van der Waals surface area contributed by atoms with Crippen LogP contribution in [-0.4, -0.2) is 42.6 Å². The number of ether oxygens (including phenoxy) is 1. The lowest BCUT2D eigenvalue weighted by Crippen LogP contribution is -2.49. The first-order valence-electron chi connectivity index (χ1n) is 7.09. The van der Waals surface area contributed by atoms with Gasteiger partial charge in [0.15, 0.2) is 0 Å². The van der Waals surface area contributed by atoms with Gasteiger partial charge in [-0.3, -0.25) is 4.79 Å². The molecule has 1 amide bonds. The third-order valence-electron chi connectivity index (χ3n) is 3.81. The zero-order chi connectivity index (χ0) is 14.8. The fourth-order valence-corrected chi connectivity index (χ4v) is 2.55. The molecule has 1 heterocycles. The van der Waals surface area contributed by atoms with E-state index in [2.05, 4.69) is 12.2 Å². The normalized spacial score (nSPS) is 19.2. The van der Waals surface area contributed by atoms with Crippen molar-refractivity contribution in [3.63, 3.8) is 0 Å². The Bertz CT molecular complexity index is 468. The average Bonchev–Trinajstić information content (AvgIpc) is 2.89. The standard InChI is InChI=1S/C16H24N2O2/c1-12-5-7-13(8-6-12)17-16(2,3)15(19)18-10-9-14(11-18)20-4/h5-8,14,17H,9-11H2,1-4H3. The number of hydrogen-bond donors (Lipinski definition) is 1. The Morgan fingerprint density at radius 2 is 2.00 bits per heavy atom. The number of aryl methyl sites for hydroxylation is 1. The highest BCUT2D eigenvalue weighted by atomic mass is 16.5. The molecule has 0 bridgehead atoms. The number of methoxy groups -OCH3 is 1. The highest BCUT2D eigenvalue weighted by Crippen LogP contribution is 2.21. The summed E-state index contributed by atoms with van der Waals surface area (Å²) in [5.41, 5.74) is 1.57. The van der Waals surface area contributed by atoms with Crippen molar-refractivity contribution in [1.29, 1.82) is 0 Å². The molecule has 1 aliphatic heterocycles. The Morgan fingerprint density at radius 1 is 1.35 bits per heavy atom. The van der Waals surface area contributed by atoms with E-state index in [0.29, 0.717) is 6.54 Å². The van der Waals surface area contributed by atoms with Gasteiger partial charge in [0.25, 0.3) is 0 Å². The van der Waals surface area contributed by atoms with Gasteiger partial charge in [0, 0.05) is 25.9 Å². The van der Waals surface area contributed by atoms with E-state index in [9.17, 15) is 4.79 Å². The number of carbonyl (C=O) groups is 1. The summed E-state index contributed by atoms with van der Waals surface area (Å²) in [5.74, 6) is 0.123. The van der Waals surface area contributed by atoms with Crippen LogP contribution >= 0.6 is 0 Å². The minimum Gasteiger partial charge on any atom is -0.380 e. The Kier molecular flexibility index (Phi) is 4.33. The highest BCUT2D eigenvalue weighted by molar-refractivity contribution is 5.88. The summed E-state index contributed by atoms with van der Waals surface area (Å²) < 4.78 is 5.32. The number of anilines is 1. The van der Waals surface area contributed by atoms with Gasteiger partial charge >= 0.3 is 0 Å². The van der Waals surface area contributed by atoms with Crippen LogP contribution < -0.4 is 5.32 Å². The second-order valence-electron chi connectivity index (χ2n) is 6.01. The van der Waals surface area contributed by atoms with Gasteiger partial charge < -0.3 is 15.0 Å². The van der Waals surface area contributed by atoms with Crippen molar-refractivity contribution >= 4 is 11.6 Å². The number of rotatable bonds is 4. The molecule has 1 aliphatic rings. The Hall–Kier alpha value is -1.55. The fraction of sp³-hybridized carbons (Fsp3) is 0.562. The number of likely N-dealkylation sites (tertiary alicyclic amines) is 1. The molecule has 0 aliphatic carbocycles. The molecule has 1 unspecified atom stereocenters. The molecule has 20 heavy (non-hydrogen) atoms. The van der Waals surface area contributed by atoms with Crippen LogP contribution in [0.4, 0.5) is 5.69 Å². The van der Waals surface area contributed by atoms with Gasteiger partial charge in [-0.25, -0.2) is 0 Å². The summed E-state index contributed by atoms with van der Waals surface area (Å²) >= 11 is 0. The van der Waals surface area contributed by atoms with Gasteiger partial charge in [0.05, 0.1) is 6.10 Å². The van der Waals surface area contributed by atoms with Crippen LogP contribution in [-0.2, 0) is 9.53 Å². The number of hydrogen-bond acceptors (Lipinski definition) is 3. The minimum atomic E-state index is -0.613. The van der Waals surface area contributed by atoms with Gasteiger partial charge in [-0.1, -0.05) is 17.7 Å². The summed E-state index contributed by atoms with van der Waals surface area (Å²) in [7, 11) is 1.70. The summed E-state index contributed by atoms with van der Waals surface area (Å²) in [6.45, 7) is 7.37. The second kappa shape index (κ2) is 5.83. The van der Waals surface area contributed by atoms with Crippen molar-refractivity contribution in [2.75, 3.05) is 25.5 Å². The smallest absolute Gasteiger partial charge is 0.247 e. The van der Waals surface area contributed by atoms with Crippen LogP contribution in [0.5, 0.6) is 0 Å². The molecule has 110 valence electrons.